The summed E-state index contributed by atoms with van der Waals surface area (Å²) >= 11 is 5.26. The molecule has 4 aromatic rings. The van der Waals surface area contributed by atoms with Gasteiger partial charge in [-0.05, 0) is 85.7 Å². The molecule has 3 aromatic carbocycles. The zero-order valence-electron chi connectivity index (χ0n) is 17.7. The number of ether oxygens (including phenoxy) is 1. The maximum Gasteiger partial charge on any atom is 0.257 e. The number of carbonyl (C=O) groups is 1. The molecule has 1 heterocycles. The fraction of sp³-hybridized carbons (Fsp3) is 0.125. The van der Waals surface area contributed by atoms with Crippen LogP contribution in [0.2, 0.25) is 0 Å². The highest BCUT2D eigenvalue weighted by atomic mass is 32.1. The zero-order valence-corrected chi connectivity index (χ0v) is 18.5. The second kappa shape index (κ2) is 8.76. The van der Waals surface area contributed by atoms with Crippen molar-refractivity contribution in [3.05, 3.63) is 77.1 Å². The van der Waals surface area contributed by atoms with E-state index >= 15 is 0 Å². The van der Waals surface area contributed by atoms with E-state index in [-0.39, 0.29) is 10.7 Å². The first-order chi connectivity index (χ1) is 15.3. The first-order valence-electron chi connectivity index (χ1n) is 9.78. The molecule has 0 aliphatic rings. The molecule has 6 nitrogen and oxygen atoms in total. The van der Waals surface area contributed by atoms with Crippen molar-refractivity contribution in [2.75, 3.05) is 12.4 Å². The predicted molar refractivity (Wildman–Crippen MR) is 126 cm³/mol. The lowest BCUT2D eigenvalue weighted by molar-refractivity contribution is 0.0977. The number of anilines is 1. The van der Waals surface area contributed by atoms with Gasteiger partial charge in [-0.1, -0.05) is 6.07 Å². The summed E-state index contributed by atoms with van der Waals surface area (Å²) in [5.41, 5.74) is 5.11. The molecule has 0 aliphatic heterocycles. The summed E-state index contributed by atoms with van der Waals surface area (Å²) in [4.78, 5) is 16.9. The number of methoxy groups -OCH3 is 1. The van der Waals surface area contributed by atoms with Crippen molar-refractivity contribution in [1.29, 1.82) is 0 Å². The molecule has 0 radical (unpaired) electrons. The van der Waals surface area contributed by atoms with Crippen LogP contribution >= 0.6 is 12.2 Å². The SMILES string of the molecule is COc1ccc(-c2nc3cc(C)c(C)cc3o2)cc1NC(=S)NC(=O)c1cccc(F)c1. The van der Waals surface area contributed by atoms with Gasteiger partial charge >= 0.3 is 0 Å². The number of nitrogens with zero attached hydrogens (tertiary/aromatic N) is 1. The van der Waals surface area contributed by atoms with Crippen LogP contribution in [0.3, 0.4) is 0 Å². The van der Waals surface area contributed by atoms with Gasteiger partial charge in [-0.25, -0.2) is 9.37 Å². The Morgan fingerprint density at radius 3 is 2.62 bits per heavy atom. The zero-order chi connectivity index (χ0) is 22.8. The van der Waals surface area contributed by atoms with Crippen molar-refractivity contribution in [2.45, 2.75) is 13.8 Å². The van der Waals surface area contributed by atoms with E-state index < -0.39 is 11.7 Å². The quantitative estimate of drug-likeness (QED) is 0.407. The Morgan fingerprint density at radius 2 is 1.88 bits per heavy atom. The number of nitrogens with one attached hydrogen (secondary N) is 2. The van der Waals surface area contributed by atoms with Crippen LogP contribution in [-0.4, -0.2) is 23.1 Å². The molecule has 8 heteroatoms. The van der Waals surface area contributed by atoms with Gasteiger partial charge in [0.15, 0.2) is 10.7 Å². The van der Waals surface area contributed by atoms with Crippen molar-refractivity contribution in [2.24, 2.45) is 0 Å². The number of aromatic nitrogens is 1. The summed E-state index contributed by atoms with van der Waals surface area (Å²) in [5, 5.41) is 5.53. The number of aryl methyl sites for hydroxylation is 2. The van der Waals surface area contributed by atoms with Crippen LogP contribution in [0.5, 0.6) is 5.75 Å². The second-order valence-corrected chi connectivity index (χ2v) is 7.67. The van der Waals surface area contributed by atoms with Crippen LogP contribution < -0.4 is 15.4 Å². The first kappa shape index (κ1) is 21.5. The molecule has 1 aromatic heterocycles. The number of benzene rings is 3. The second-order valence-electron chi connectivity index (χ2n) is 7.26. The average Bonchev–Trinajstić information content (AvgIpc) is 3.16. The van der Waals surface area contributed by atoms with Gasteiger partial charge in [0, 0.05) is 11.1 Å². The fourth-order valence-corrected chi connectivity index (χ4v) is 3.40. The Hall–Kier alpha value is -3.78. The molecule has 0 bridgehead atoms. The Balaban J connectivity index is 1.58. The third-order valence-corrected chi connectivity index (χ3v) is 5.22. The van der Waals surface area contributed by atoms with Gasteiger partial charge in [0.2, 0.25) is 5.89 Å². The Morgan fingerprint density at radius 1 is 1.09 bits per heavy atom. The molecular formula is C24H20FN3O3S. The predicted octanol–water partition coefficient (Wildman–Crippen LogP) is 5.39. The highest BCUT2D eigenvalue weighted by Gasteiger charge is 2.15. The van der Waals surface area contributed by atoms with Crippen molar-refractivity contribution >= 4 is 40.0 Å². The van der Waals surface area contributed by atoms with Gasteiger partial charge in [-0.3, -0.25) is 10.1 Å². The van der Waals surface area contributed by atoms with Gasteiger partial charge in [0.25, 0.3) is 5.91 Å². The molecule has 0 atom stereocenters. The van der Waals surface area contributed by atoms with E-state index in [0.717, 1.165) is 22.7 Å². The Labute approximate surface area is 189 Å². The summed E-state index contributed by atoms with van der Waals surface area (Å²) in [6, 6.07) is 14.6. The number of rotatable bonds is 4. The summed E-state index contributed by atoms with van der Waals surface area (Å²) in [6.45, 7) is 4.04. The molecule has 4 rings (SSSR count). The largest absolute Gasteiger partial charge is 0.495 e. The number of fused-ring (bicyclic) bond motifs is 1. The smallest absolute Gasteiger partial charge is 0.257 e. The van der Waals surface area contributed by atoms with Crippen molar-refractivity contribution in [3.63, 3.8) is 0 Å². The summed E-state index contributed by atoms with van der Waals surface area (Å²) in [5.74, 6) is -0.0687. The van der Waals surface area contributed by atoms with Gasteiger partial charge in [0.1, 0.15) is 17.1 Å². The van der Waals surface area contributed by atoms with E-state index in [4.69, 9.17) is 21.4 Å². The van der Waals surface area contributed by atoms with Crippen LogP contribution in [0.4, 0.5) is 10.1 Å². The van der Waals surface area contributed by atoms with Crippen molar-refractivity contribution in [3.8, 4) is 17.2 Å². The van der Waals surface area contributed by atoms with Crippen LogP contribution in [0, 0.1) is 19.7 Å². The maximum atomic E-state index is 13.4. The summed E-state index contributed by atoms with van der Waals surface area (Å²) in [6.07, 6.45) is 0. The lowest BCUT2D eigenvalue weighted by Crippen LogP contribution is -2.34. The van der Waals surface area contributed by atoms with Crippen LogP contribution in [0.25, 0.3) is 22.6 Å². The standard InChI is InChI=1S/C24H20FN3O3S/c1-13-9-18-21(10-14(13)2)31-23(26-18)16-7-8-20(30-3)19(12-16)27-24(32)28-22(29)15-5-4-6-17(25)11-15/h4-12H,1-3H3,(H2,27,28,29,32). The number of thiocarbonyl (C=S) groups is 1. The number of hydrogen-bond donors (Lipinski definition) is 2. The van der Waals surface area contributed by atoms with Gasteiger partial charge < -0.3 is 14.5 Å². The fourth-order valence-electron chi connectivity index (χ4n) is 3.20. The van der Waals surface area contributed by atoms with Gasteiger partial charge in [-0.15, -0.1) is 0 Å². The molecule has 0 saturated carbocycles. The Bertz CT molecular complexity index is 1310. The minimum Gasteiger partial charge on any atom is -0.495 e. The average molecular weight is 450 g/mol. The normalized spacial score (nSPS) is 10.8. The number of oxazole rings is 1. The number of halogens is 1. The molecule has 32 heavy (non-hydrogen) atoms. The van der Waals surface area contributed by atoms with E-state index in [2.05, 4.69) is 15.6 Å². The highest BCUT2D eigenvalue weighted by Crippen LogP contribution is 2.32. The van der Waals surface area contributed by atoms with Crippen molar-refractivity contribution < 1.29 is 18.3 Å². The number of amides is 1. The van der Waals surface area contributed by atoms with Crippen LogP contribution in [0.1, 0.15) is 21.5 Å². The lowest BCUT2D eigenvalue weighted by atomic mass is 10.1. The molecule has 0 saturated heterocycles. The van der Waals surface area contributed by atoms with Gasteiger partial charge in [-0.2, -0.15) is 0 Å². The molecular weight excluding hydrogens is 429 g/mol. The minimum atomic E-state index is -0.526. The van der Waals surface area contributed by atoms with E-state index in [1.54, 1.807) is 12.1 Å². The summed E-state index contributed by atoms with van der Waals surface area (Å²) < 4.78 is 24.7. The van der Waals surface area contributed by atoms with Gasteiger partial charge in [0.05, 0.1) is 12.8 Å². The molecule has 0 fully saturated rings. The third kappa shape index (κ3) is 4.45. The highest BCUT2D eigenvalue weighted by molar-refractivity contribution is 7.80. The monoisotopic (exact) mass is 449 g/mol. The topological polar surface area (TPSA) is 76.4 Å². The van der Waals surface area contributed by atoms with E-state index in [9.17, 15) is 9.18 Å². The molecule has 0 unspecified atom stereocenters. The third-order valence-electron chi connectivity index (χ3n) is 5.01. The summed E-state index contributed by atoms with van der Waals surface area (Å²) in [7, 11) is 1.53. The molecule has 162 valence electrons. The molecule has 1 amide bonds. The molecule has 0 spiro atoms. The molecule has 2 N–H and O–H groups in total. The number of hydrogen-bond acceptors (Lipinski definition) is 5. The van der Waals surface area contributed by atoms with E-state index in [0.29, 0.717) is 28.5 Å². The van der Waals surface area contributed by atoms with Crippen LogP contribution in [0.15, 0.2) is 59.0 Å². The van der Waals surface area contributed by atoms with Crippen molar-refractivity contribution in [1.82, 2.24) is 10.3 Å². The van der Waals surface area contributed by atoms with E-state index in [1.807, 2.05) is 32.0 Å². The number of carbonyl (C=O) groups excluding carboxylic acids is 1. The lowest BCUT2D eigenvalue weighted by Gasteiger charge is -2.13. The van der Waals surface area contributed by atoms with Crippen LogP contribution in [-0.2, 0) is 0 Å². The maximum absolute atomic E-state index is 13.4. The Kier molecular flexibility index (Phi) is 5.87. The minimum absolute atomic E-state index is 0.0403. The first-order valence-corrected chi connectivity index (χ1v) is 10.2. The molecule has 0 aliphatic carbocycles. The van der Waals surface area contributed by atoms with E-state index in [1.165, 1.54) is 25.3 Å².